The van der Waals surface area contributed by atoms with Gasteiger partial charge >= 0.3 is 0 Å². The highest BCUT2D eigenvalue weighted by Gasteiger charge is 2.21. The highest BCUT2D eigenvalue weighted by Crippen LogP contribution is 2.26. The van der Waals surface area contributed by atoms with Crippen LogP contribution in [-0.4, -0.2) is 26.0 Å². The first-order valence-corrected chi connectivity index (χ1v) is 8.52. The Balaban J connectivity index is 1.73. The Morgan fingerprint density at radius 2 is 1.96 bits per heavy atom. The van der Waals surface area contributed by atoms with Gasteiger partial charge in [-0.15, -0.1) is 10.2 Å². The largest absolute Gasteiger partial charge is 0.335 e. The Kier molecular flexibility index (Phi) is 5.17. The number of rotatable bonds is 5. The summed E-state index contributed by atoms with van der Waals surface area (Å²) in [7, 11) is 0. The summed E-state index contributed by atoms with van der Waals surface area (Å²) in [4.78, 5) is 12.3. The summed E-state index contributed by atoms with van der Waals surface area (Å²) in [5.41, 5.74) is 0.565. The van der Waals surface area contributed by atoms with Crippen LogP contribution in [0.4, 0.5) is 14.5 Å². The van der Waals surface area contributed by atoms with Crippen molar-refractivity contribution in [1.82, 2.24) is 14.9 Å². The number of nitrogens with one attached hydrogen (secondary N) is 1. The maximum Gasteiger partial charge on any atom is 0.237 e. The third-order valence-corrected chi connectivity index (χ3v) is 4.58. The molecule has 1 aromatic heterocycles. The van der Waals surface area contributed by atoms with Gasteiger partial charge in [-0.05, 0) is 37.3 Å². The molecule has 2 aromatic carbocycles. The lowest BCUT2D eigenvalue weighted by atomic mass is 10.2. The van der Waals surface area contributed by atoms with E-state index < -0.39 is 16.9 Å². The minimum atomic E-state index is -0.585. The number of hydrogen-bond acceptors (Lipinski definition) is 5. The van der Waals surface area contributed by atoms with E-state index in [0.717, 1.165) is 16.4 Å². The molecule has 0 aliphatic rings. The van der Waals surface area contributed by atoms with Crippen molar-refractivity contribution in [2.45, 2.75) is 17.3 Å². The van der Waals surface area contributed by atoms with Gasteiger partial charge in [-0.2, -0.15) is 0 Å². The van der Waals surface area contributed by atoms with Crippen molar-refractivity contribution in [2.75, 3.05) is 11.2 Å². The number of amides is 1. The number of anilines is 1. The monoisotopic (exact) mass is 375 g/mol. The SMILES string of the molecule is CC(Sc1nnc(-c2ccccc2F)n1N)C(=O)Nc1cccc(F)c1. The zero-order chi connectivity index (χ0) is 18.7. The number of halogens is 2. The van der Waals surface area contributed by atoms with Crippen molar-refractivity contribution < 1.29 is 13.6 Å². The second-order valence-electron chi connectivity index (χ2n) is 5.42. The molecule has 134 valence electrons. The topological polar surface area (TPSA) is 85.8 Å². The van der Waals surface area contributed by atoms with Crippen LogP contribution >= 0.6 is 11.8 Å². The van der Waals surface area contributed by atoms with Crippen LogP contribution in [0, 0.1) is 11.6 Å². The van der Waals surface area contributed by atoms with Crippen molar-refractivity contribution in [1.29, 1.82) is 0 Å². The van der Waals surface area contributed by atoms with E-state index in [1.54, 1.807) is 25.1 Å². The van der Waals surface area contributed by atoms with Gasteiger partial charge in [0, 0.05) is 5.69 Å². The molecular formula is C17H15F2N5OS. The molecule has 3 aromatic rings. The Bertz CT molecular complexity index is 946. The number of carbonyl (C=O) groups is 1. The molecular weight excluding hydrogens is 360 g/mol. The number of aromatic nitrogens is 3. The van der Waals surface area contributed by atoms with Crippen molar-refractivity contribution in [3.8, 4) is 11.4 Å². The predicted octanol–water partition coefficient (Wildman–Crippen LogP) is 3.06. The predicted molar refractivity (Wildman–Crippen MR) is 95.9 cm³/mol. The molecule has 1 atom stereocenters. The van der Waals surface area contributed by atoms with Gasteiger partial charge in [0.05, 0.1) is 10.8 Å². The number of nitrogens with zero attached hydrogens (tertiary/aromatic N) is 3. The van der Waals surface area contributed by atoms with Gasteiger partial charge in [0.15, 0.2) is 5.82 Å². The molecule has 9 heteroatoms. The van der Waals surface area contributed by atoms with Gasteiger partial charge in [0.2, 0.25) is 11.1 Å². The van der Waals surface area contributed by atoms with Crippen LogP contribution in [-0.2, 0) is 4.79 Å². The molecule has 1 amide bonds. The Hall–Kier alpha value is -2.94. The first-order chi connectivity index (χ1) is 12.5. The van der Waals surface area contributed by atoms with Crippen LogP contribution in [0.25, 0.3) is 11.4 Å². The van der Waals surface area contributed by atoms with E-state index in [9.17, 15) is 13.6 Å². The molecule has 0 bridgehead atoms. The smallest absolute Gasteiger partial charge is 0.237 e. The van der Waals surface area contributed by atoms with E-state index in [2.05, 4.69) is 15.5 Å². The van der Waals surface area contributed by atoms with Gasteiger partial charge in [-0.1, -0.05) is 30.0 Å². The van der Waals surface area contributed by atoms with Crippen molar-refractivity contribution in [2.24, 2.45) is 0 Å². The molecule has 0 saturated heterocycles. The normalized spacial score (nSPS) is 12.0. The molecule has 6 nitrogen and oxygen atoms in total. The number of nitrogens with two attached hydrogens (primary N) is 1. The minimum absolute atomic E-state index is 0.156. The molecule has 26 heavy (non-hydrogen) atoms. The Morgan fingerprint density at radius 1 is 1.19 bits per heavy atom. The van der Waals surface area contributed by atoms with E-state index in [1.807, 2.05) is 0 Å². The Labute approximate surface area is 152 Å². The first kappa shape index (κ1) is 17.9. The molecule has 0 spiro atoms. The van der Waals surface area contributed by atoms with Gasteiger partial charge < -0.3 is 11.2 Å². The standard InChI is InChI=1S/C17H15F2N5OS/c1-10(16(25)21-12-6-4-5-11(18)9-12)26-17-23-22-15(24(17)20)13-7-2-3-8-14(13)19/h2-10H,20H2,1H3,(H,21,25). The third kappa shape index (κ3) is 3.83. The number of thioether (sulfide) groups is 1. The molecule has 0 fully saturated rings. The summed E-state index contributed by atoms with van der Waals surface area (Å²) >= 11 is 1.06. The highest BCUT2D eigenvalue weighted by molar-refractivity contribution is 8.00. The second kappa shape index (κ2) is 7.52. The van der Waals surface area contributed by atoms with E-state index in [1.165, 1.54) is 30.3 Å². The van der Waals surface area contributed by atoms with Gasteiger partial charge in [0.25, 0.3) is 0 Å². The van der Waals surface area contributed by atoms with E-state index in [4.69, 9.17) is 5.84 Å². The first-order valence-electron chi connectivity index (χ1n) is 7.64. The lowest BCUT2D eigenvalue weighted by molar-refractivity contribution is -0.115. The van der Waals surface area contributed by atoms with Crippen LogP contribution < -0.4 is 11.2 Å². The lowest BCUT2D eigenvalue weighted by Gasteiger charge is -2.11. The van der Waals surface area contributed by atoms with Crippen molar-refractivity contribution in [3.05, 3.63) is 60.2 Å². The fraction of sp³-hybridized carbons (Fsp3) is 0.118. The highest BCUT2D eigenvalue weighted by atomic mass is 32.2. The number of carbonyl (C=O) groups excluding carboxylic acids is 1. The van der Waals surface area contributed by atoms with Crippen LogP contribution in [0.5, 0.6) is 0 Å². The Morgan fingerprint density at radius 3 is 2.69 bits per heavy atom. The minimum Gasteiger partial charge on any atom is -0.335 e. The summed E-state index contributed by atoms with van der Waals surface area (Å²) in [6.07, 6.45) is 0. The lowest BCUT2D eigenvalue weighted by Crippen LogP contribution is -2.23. The van der Waals surface area contributed by atoms with Gasteiger partial charge in [0.1, 0.15) is 11.6 Å². The summed E-state index contributed by atoms with van der Waals surface area (Å²) in [6, 6.07) is 11.6. The quantitative estimate of drug-likeness (QED) is 0.529. The van der Waals surface area contributed by atoms with Gasteiger partial charge in [-0.25, -0.2) is 13.5 Å². The molecule has 3 N–H and O–H groups in total. The fourth-order valence-electron chi connectivity index (χ4n) is 2.21. The molecule has 0 aliphatic heterocycles. The van der Waals surface area contributed by atoms with Crippen LogP contribution in [0.3, 0.4) is 0 Å². The molecule has 0 aliphatic carbocycles. The molecule has 0 saturated carbocycles. The maximum atomic E-state index is 13.9. The van der Waals surface area contributed by atoms with Gasteiger partial charge in [-0.3, -0.25) is 4.79 Å². The second-order valence-corrected chi connectivity index (χ2v) is 6.72. The third-order valence-electron chi connectivity index (χ3n) is 3.52. The summed E-state index contributed by atoms with van der Waals surface area (Å²) in [6.45, 7) is 1.65. The maximum absolute atomic E-state index is 13.9. The zero-order valence-corrected chi connectivity index (χ0v) is 14.5. The average molecular weight is 375 g/mol. The fourth-order valence-corrected chi connectivity index (χ4v) is 2.98. The number of benzene rings is 2. The number of hydrogen-bond donors (Lipinski definition) is 2. The van der Waals surface area contributed by atoms with Crippen molar-refractivity contribution >= 4 is 23.4 Å². The average Bonchev–Trinajstić information content (AvgIpc) is 2.96. The zero-order valence-electron chi connectivity index (χ0n) is 13.7. The summed E-state index contributed by atoms with van der Waals surface area (Å²) in [5.74, 6) is 4.84. The van der Waals surface area contributed by atoms with Crippen LogP contribution in [0.15, 0.2) is 53.7 Å². The van der Waals surface area contributed by atoms with E-state index in [0.29, 0.717) is 5.69 Å². The van der Waals surface area contributed by atoms with Crippen LogP contribution in [0.2, 0.25) is 0 Å². The van der Waals surface area contributed by atoms with Crippen molar-refractivity contribution in [3.63, 3.8) is 0 Å². The summed E-state index contributed by atoms with van der Waals surface area (Å²) < 4.78 is 28.2. The molecule has 1 unspecified atom stereocenters. The van der Waals surface area contributed by atoms with E-state index >= 15 is 0 Å². The molecule has 1 heterocycles. The molecule has 0 radical (unpaired) electrons. The van der Waals surface area contributed by atoms with E-state index in [-0.39, 0.29) is 22.5 Å². The summed E-state index contributed by atoms with van der Waals surface area (Å²) in [5, 5.41) is 10.1. The molecule has 3 rings (SSSR count). The van der Waals surface area contributed by atoms with Crippen LogP contribution in [0.1, 0.15) is 6.92 Å². The number of nitrogen functional groups attached to an aromatic ring is 1.